The second-order valence-electron chi connectivity index (χ2n) is 11.1. The third kappa shape index (κ3) is 7.14. The zero-order chi connectivity index (χ0) is 29.9. The van der Waals surface area contributed by atoms with Crippen LogP contribution in [0.5, 0.6) is 0 Å². The second-order valence-corrected chi connectivity index (χ2v) is 13.2. The number of hydrogen-bond acceptors (Lipinski definition) is 5. The van der Waals surface area contributed by atoms with Crippen LogP contribution in [-0.2, 0) is 27.7 Å². The lowest BCUT2D eigenvalue weighted by Gasteiger charge is -2.40. The fourth-order valence-electron chi connectivity index (χ4n) is 5.57. The maximum Gasteiger partial charge on any atom is 0.247 e. The van der Waals surface area contributed by atoms with E-state index in [9.17, 15) is 22.0 Å². The minimum atomic E-state index is -3.44. The first kappa shape index (κ1) is 30.1. The predicted molar refractivity (Wildman–Crippen MR) is 157 cm³/mol. The molecule has 5 rings (SSSR count). The highest BCUT2D eigenvalue weighted by Gasteiger charge is 2.45. The van der Waals surface area contributed by atoms with Gasteiger partial charge in [-0.3, -0.25) is 4.79 Å². The van der Waals surface area contributed by atoms with Crippen LogP contribution in [0.4, 0.5) is 24.5 Å². The zero-order valence-corrected chi connectivity index (χ0v) is 24.1. The van der Waals surface area contributed by atoms with Gasteiger partial charge in [-0.2, -0.15) is 4.31 Å². The summed E-state index contributed by atoms with van der Waals surface area (Å²) in [6.45, 7) is 2.88. The lowest BCUT2D eigenvalue weighted by molar-refractivity contribution is -0.116. The van der Waals surface area contributed by atoms with Crippen molar-refractivity contribution < 1.29 is 26.4 Å². The molecule has 1 aliphatic carbocycles. The molecule has 0 spiro atoms. The first-order valence-corrected chi connectivity index (χ1v) is 15.7. The van der Waals surface area contributed by atoms with E-state index in [-0.39, 0.29) is 41.4 Å². The average Bonchev–Trinajstić information content (AvgIpc) is 3.79. The van der Waals surface area contributed by atoms with Crippen molar-refractivity contribution in [3.63, 3.8) is 0 Å². The molecule has 3 N–H and O–H groups in total. The molecule has 0 bridgehead atoms. The van der Waals surface area contributed by atoms with Crippen LogP contribution in [0, 0.1) is 17.5 Å². The van der Waals surface area contributed by atoms with E-state index in [0.717, 1.165) is 0 Å². The van der Waals surface area contributed by atoms with Crippen LogP contribution >= 0.6 is 0 Å². The second kappa shape index (κ2) is 12.8. The minimum absolute atomic E-state index is 0.0877. The molecule has 1 amide bonds. The first-order valence-electron chi connectivity index (χ1n) is 14.2. The molecule has 0 radical (unpaired) electrons. The summed E-state index contributed by atoms with van der Waals surface area (Å²) in [5.41, 5.74) is 1.44. The van der Waals surface area contributed by atoms with Crippen LogP contribution in [0.2, 0.25) is 0 Å². The predicted octanol–water partition coefficient (Wildman–Crippen LogP) is 4.85. The molecule has 3 aromatic carbocycles. The van der Waals surface area contributed by atoms with Crippen molar-refractivity contribution in [2.45, 2.75) is 62.4 Å². The van der Waals surface area contributed by atoms with Crippen LogP contribution in [0.1, 0.15) is 37.3 Å². The van der Waals surface area contributed by atoms with E-state index >= 15 is 4.39 Å². The lowest BCUT2D eigenvalue weighted by atomic mass is 10.00. The van der Waals surface area contributed by atoms with Gasteiger partial charge in [-0.05, 0) is 80.6 Å². The van der Waals surface area contributed by atoms with Gasteiger partial charge < -0.3 is 16.0 Å². The summed E-state index contributed by atoms with van der Waals surface area (Å²) < 4.78 is 70.9. The molecule has 3 atom stereocenters. The SMILES string of the molecule is C[C@@H]1CNC[C@H](CCc2c(F)cccc2NC(=O)[C@H](Cc2cccc(F)c2)Nc2cccc(F)c2)N1S(=O)(=O)C1CC1. The van der Waals surface area contributed by atoms with E-state index in [4.69, 9.17) is 0 Å². The number of halogens is 3. The quantitative estimate of drug-likeness (QED) is 0.293. The van der Waals surface area contributed by atoms with Gasteiger partial charge in [0.25, 0.3) is 0 Å². The molecular weight excluding hydrogens is 565 g/mol. The van der Waals surface area contributed by atoms with E-state index in [0.29, 0.717) is 43.6 Å². The first-order chi connectivity index (χ1) is 20.1. The van der Waals surface area contributed by atoms with Crippen LogP contribution in [-0.4, -0.2) is 55.1 Å². The molecule has 1 saturated carbocycles. The topological polar surface area (TPSA) is 90.5 Å². The minimum Gasteiger partial charge on any atom is -0.373 e. The monoisotopic (exact) mass is 600 g/mol. The van der Waals surface area contributed by atoms with Gasteiger partial charge in [0.2, 0.25) is 15.9 Å². The van der Waals surface area contributed by atoms with Crippen molar-refractivity contribution in [1.29, 1.82) is 0 Å². The van der Waals surface area contributed by atoms with Crippen molar-refractivity contribution in [1.82, 2.24) is 9.62 Å². The average molecular weight is 601 g/mol. The molecule has 1 heterocycles. The Bertz CT molecular complexity index is 1490. The number of piperazine rings is 1. The number of nitrogens with one attached hydrogen (secondary N) is 3. The van der Waals surface area contributed by atoms with Crippen molar-refractivity contribution in [3.8, 4) is 0 Å². The molecule has 1 saturated heterocycles. The fraction of sp³-hybridized carbons (Fsp3) is 0.387. The Kier molecular flexibility index (Phi) is 9.19. The van der Waals surface area contributed by atoms with Crippen molar-refractivity contribution in [2.24, 2.45) is 0 Å². The van der Waals surface area contributed by atoms with Gasteiger partial charge in [0, 0.05) is 48.5 Å². The Hall–Kier alpha value is -3.41. The number of sulfonamides is 1. The summed E-state index contributed by atoms with van der Waals surface area (Å²) in [7, 11) is -3.44. The summed E-state index contributed by atoms with van der Waals surface area (Å²) in [6, 6.07) is 14.4. The zero-order valence-electron chi connectivity index (χ0n) is 23.3. The molecule has 2 fully saturated rings. The van der Waals surface area contributed by atoms with E-state index in [2.05, 4.69) is 16.0 Å². The summed E-state index contributed by atoms with van der Waals surface area (Å²) in [6.07, 6.45) is 1.97. The van der Waals surface area contributed by atoms with Gasteiger partial charge in [-0.15, -0.1) is 0 Å². The molecule has 11 heteroatoms. The van der Waals surface area contributed by atoms with Crippen LogP contribution < -0.4 is 16.0 Å². The fourth-order valence-corrected chi connectivity index (χ4v) is 7.82. The molecule has 0 aromatic heterocycles. The molecule has 0 unspecified atom stereocenters. The van der Waals surface area contributed by atoms with Gasteiger partial charge in [0.1, 0.15) is 23.5 Å². The third-order valence-corrected chi connectivity index (χ3v) is 10.3. The highest BCUT2D eigenvalue weighted by Crippen LogP contribution is 2.35. The Balaban J connectivity index is 1.35. The summed E-state index contributed by atoms with van der Waals surface area (Å²) in [4.78, 5) is 13.6. The number of anilines is 2. The maximum absolute atomic E-state index is 15.2. The highest BCUT2D eigenvalue weighted by atomic mass is 32.2. The van der Waals surface area contributed by atoms with Crippen molar-refractivity contribution in [2.75, 3.05) is 23.7 Å². The summed E-state index contributed by atoms with van der Waals surface area (Å²) >= 11 is 0. The van der Waals surface area contributed by atoms with Crippen molar-refractivity contribution >= 4 is 27.3 Å². The number of amides is 1. The number of carbonyl (C=O) groups excluding carboxylic acids is 1. The lowest BCUT2D eigenvalue weighted by Crippen LogP contribution is -2.59. The van der Waals surface area contributed by atoms with E-state index < -0.39 is 39.4 Å². The number of benzene rings is 3. The third-order valence-electron chi connectivity index (χ3n) is 7.77. The van der Waals surface area contributed by atoms with Gasteiger partial charge in [0.05, 0.1) is 5.25 Å². The number of rotatable bonds is 11. The van der Waals surface area contributed by atoms with E-state index in [1.807, 2.05) is 6.92 Å². The van der Waals surface area contributed by atoms with Crippen LogP contribution in [0.3, 0.4) is 0 Å². The van der Waals surface area contributed by atoms with E-state index in [1.54, 1.807) is 28.6 Å². The Labute approximate surface area is 244 Å². The Morgan fingerprint density at radius 2 is 1.71 bits per heavy atom. The molecule has 1 aliphatic heterocycles. The van der Waals surface area contributed by atoms with Gasteiger partial charge in [-0.25, -0.2) is 21.6 Å². The normalized spacial score (nSPS) is 20.2. The molecule has 3 aromatic rings. The van der Waals surface area contributed by atoms with Crippen LogP contribution in [0.25, 0.3) is 0 Å². The number of nitrogens with zero attached hydrogens (tertiary/aromatic N) is 1. The van der Waals surface area contributed by atoms with Gasteiger partial charge in [0.15, 0.2) is 0 Å². The summed E-state index contributed by atoms with van der Waals surface area (Å²) in [5, 5.41) is 8.77. The van der Waals surface area contributed by atoms with Gasteiger partial charge in [-0.1, -0.05) is 24.3 Å². The summed E-state index contributed by atoms with van der Waals surface area (Å²) in [5.74, 6) is -1.96. The largest absolute Gasteiger partial charge is 0.373 e. The maximum atomic E-state index is 15.2. The van der Waals surface area contributed by atoms with Crippen molar-refractivity contribution in [3.05, 3.63) is 95.3 Å². The molecule has 224 valence electrons. The molecular formula is C31H35F3N4O3S. The van der Waals surface area contributed by atoms with Crippen LogP contribution in [0.15, 0.2) is 66.7 Å². The number of hydrogen-bond donors (Lipinski definition) is 3. The smallest absolute Gasteiger partial charge is 0.247 e. The molecule has 42 heavy (non-hydrogen) atoms. The Morgan fingerprint density at radius 3 is 2.43 bits per heavy atom. The Morgan fingerprint density at radius 1 is 1.00 bits per heavy atom. The highest BCUT2D eigenvalue weighted by molar-refractivity contribution is 7.90. The molecule has 7 nitrogen and oxygen atoms in total. The van der Waals surface area contributed by atoms with E-state index in [1.165, 1.54) is 42.5 Å². The molecule has 2 aliphatic rings. The standard InChI is InChI=1S/C31H35F3N4O3S/c1-20-18-35-19-25(38(20)42(40,41)26-12-13-26)11-14-27-28(34)9-4-10-29(27)37-31(39)30(16-21-5-2-6-22(32)15-21)36-24-8-3-7-23(33)17-24/h2-10,15,17,20,25-26,30,35-36H,11-14,16,18-19H2,1H3,(H,37,39)/t20-,25+,30+/m1/s1. The number of carbonyl (C=O) groups is 1. The van der Waals surface area contributed by atoms with Gasteiger partial charge >= 0.3 is 0 Å².